The largest absolute Gasteiger partial charge is 0.368 e. The molecule has 0 spiro atoms. The van der Waals surface area contributed by atoms with Crippen LogP contribution in [0.15, 0.2) is 5.16 Å². The van der Waals surface area contributed by atoms with Gasteiger partial charge in [-0.2, -0.15) is 4.98 Å². The number of nitrogens with two attached hydrogens (primary N) is 1. The molecule has 1 amide bonds. The number of piperazine rings is 1. The number of carbonyl (C=O) groups excluding carboxylic acids is 1. The number of carbonyl (C=O) groups is 1. The number of H-pyrrole nitrogens is 1. The standard InChI is InChI=1S/C9H16N6OS/c1-6(17-9-12-8(10)13-14-9)7(16)15-4-2-11-3-5-15/h6,11H,2-5H2,1H3,(H3,10,12,13,14). The van der Waals surface area contributed by atoms with Crippen LogP contribution in [-0.2, 0) is 4.79 Å². The maximum Gasteiger partial charge on any atom is 0.235 e. The number of aromatic amines is 1. The van der Waals surface area contributed by atoms with Gasteiger partial charge >= 0.3 is 0 Å². The number of hydrogen-bond acceptors (Lipinski definition) is 6. The van der Waals surface area contributed by atoms with Crippen LogP contribution in [-0.4, -0.2) is 57.4 Å². The van der Waals surface area contributed by atoms with Crippen molar-refractivity contribution in [3.63, 3.8) is 0 Å². The van der Waals surface area contributed by atoms with Crippen LogP contribution in [0.2, 0.25) is 0 Å². The molecule has 7 nitrogen and oxygen atoms in total. The fourth-order valence-corrected chi connectivity index (χ4v) is 2.48. The lowest BCUT2D eigenvalue weighted by Crippen LogP contribution is -2.48. The molecule has 1 unspecified atom stereocenters. The highest BCUT2D eigenvalue weighted by Crippen LogP contribution is 2.21. The molecule has 0 saturated carbocycles. The molecule has 94 valence electrons. The Morgan fingerprint density at radius 2 is 2.24 bits per heavy atom. The van der Waals surface area contributed by atoms with Crippen molar-refractivity contribution in [2.24, 2.45) is 0 Å². The molecule has 1 aromatic heterocycles. The predicted octanol–water partition coefficient (Wildman–Crippen LogP) is -0.701. The van der Waals surface area contributed by atoms with Crippen molar-refractivity contribution in [3.05, 3.63) is 0 Å². The number of anilines is 1. The summed E-state index contributed by atoms with van der Waals surface area (Å²) in [6.07, 6.45) is 0. The molecule has 1 atom stereocenters. The fourth-order valence-electron chi connectivity index (χ4n) is 1.66. The fraction of sp³-hybridized carbons (Fsp3) is 0.667. The second-order valence-electron chi connectivity index (χ2n) is 3.84. The lowest BCUT2D eigenvalue weighted by Gasteiger charge is -2.29. The number of rotatable bonds is 3. The van der Waals surface area contributed by atoms with Crippen molar-refractivity contribution in [2.45, 2.75) is 17.3 Å². The summed E-state index contributed by atoms with van der Waals surface area (Å²) in [5.74, 6) is 0.397. The Morgan fingerprint density at radius 1 is 1.53 bits per heavy atom. The van der Waals surface area contributed by atoms with Crippen molar-refractivity contribution in [3.8, 4) is 0 Å². The molecule has 0 bridgehead atoms. The molecular weight excluding hydrogens is 240 g/mol. The van der Waals surface area contributed by atoms with Gasteiger partial charge in [0.1, 0.15) is 0 Å². The molecule has 1 saturated heterocycles. The molecule has 17 heavy (non-hydrogen) atoms. The van der Waals surface area contributed by atoms with Crippen LogP contribution >= 0.6 is 11.8 Å². The van der Waals surface area contributed by atoms with Gasteiger partial charge < -0.3 is 16.0 Å². The quantitative estimate of drug-likeness (QED) is 0.618. The zero-order valence-corrected chi connectivity index (χ0v) is 10.5. The third-order valence-electron chi connectivity index (χ3n) is 2.54. The third-order valence-corrected chi connectivity index (χ3v) is 3.49. The van der Waals surface area contributed by atoms with Gasteiger partial charge in [-0.25, -0.2) is 5.10 Å². The smallest absolute Gasteiger partial charge is 0.235 e. The van der Waals surface area contributed by atoms with Gasteiger partial charge in [-0.1, -0.05) is 11.8 Å². The van der Waals surface area contributed by atoms with Crippen molar-refractivity contribution < 1.29 is 4.79 Å². The Hall–Kier alpha value is -1.28. The summed E-state index contributed by atoms with van der Waals surface area (Å²) in [4.78, 5) is 17.9. The van der Waals surface area contributed by atoms with E-state index in [1.54, 1.807) is 0 Å². The van der Waals surface area contributed by atoms with Crippen LogP contribution in [0.4, 0.5) is 5.95 Å². The molecule has 0 aliphatic carbocycles. The van der Waals surface area contributed by atoms with Gasteiger partial charge in [0.2, 0.25) is 17.0 Å². The Balaban J connectivity index is 1.90. The molecular formula is C9H16N6OS. The van der Waals surface area contributed by atoms with E-state index in [0.717, 1.165) is 26.2 Å². The summed E-state index contributed by atoms with van der Waals surface area (Å²) < 4.78 is 0. The number of hydrogen-bond donors (Lipinski definition) is 3. The maximum absolute atomic E-state index is 12.1. The minimum absolute atomic E-state index is 0.125. The molecule has 1 aliphatic rings. The zero-order chi connectivity index (χ0) is 12.3. The molecule has 0 aromatic carbocycles. The molecule has 1 fully saturated rings. The number of aromatic nitrogens is 3. The first-order chi connectivity index (χ1) is 8.16. The molecule has 1 aliphatic heterocycles. The van der Waals surface area contributed by atoms with E-state index >= 15 is 0 Å². The van der Waals surface area contributed by atoms with Crippen LogP contribution in [0.3, 0.4) is 0 Å². The average Bonchev–Trinajstić information content (AvgIpc) is 2.75. The minimum atomic E-state index is -0.191. The predicted molar refractivity (Wildman–Crippen MR) is 65.6 cm³/mol. The highest BCUT2D eigenvalue weighted by molar-refractivity contribution is 8.00. The van der Waals surface area contributed by atoms with Gasteiger partial charge in [0.05, 0.1) is 5.25 Å². The molecule has 0 radical (unpaired) electrons. The zero-order valence-electron chi connectivity index (χ0n) is 9.64. The van der Waals surface area contributed by atoms with Gasteiger partial charge in [-0.05, 0) is 6.92 Å². The van der Waals surface area contributed by atoms with Gasteiger partial charge in [0.15, 0.2) is 0 Å². The molecule has 2 heterocycles. The minimum Gasteiger partial charge on any atom is -0.368 e. The normalized spacial score (nSPS) is 18.1. The van der Waals surface area contributed by atoms with Crippen LogP contribution in [0.5, 0.6) is 0 Å². The van der Waals surface area contributed by atoms with Crippen molar-refractivity contribution in [1.29, 1.82) is 0 Å². The van der Waals surface area contributed by atoms with Gasteiger partial charge in [-0.3, -0.25) is 4.79 Å². The van der Waals surface area contributed by atoms with Crippen molar-refractivity contribution in [1.82, 2.24) is 25.4 Å². The summed E-state index contributed by atoms with van der Waals surface area (Å²) in [6, 6.07) is 0. The number of nitrogens with one attached hydrogen (secondary N) is 2. The second-order valence-corrected chi connectivity index (χ2v) is 5.15. The second kappa shape index (κ2) is 5.37. The monoisotopic (exact) mass is 256 g/mol. The van der Waals surface area contributed by atoms with Gasteiger partial charge in [-0.15, -0.1) is 5.10 Å². The van der Waals surface area contributed by atoms with Crippen LogP contribution in [0.25, 0.3) is 0 Å². The topological polar surface area (TPSA) is 99.9 Å². The van der Waals surface area contributed by atoms with E-state index in [2.05, 4.69) is 20.5 Å². The van der Waals surface area contributed by atoms with E-state index in [0.29, 0.717) is 5.16 Å². The molecule has 8 heteroatoms. The Morgan fingerprint density at radius 3 is 2.82 bits per heavy atom. The molecule has 2 rings (SSSR count). The lowest BCUT2D eigenvalue weighted by atomic mass is 10.3. The number of nitrogen functional groups attached to an aromatic ring is 1. The van der Waals surface area contributed by atoms with E-state index in [-0.39, 0.29) is 17.1 Å². The summed E-state index contributed by atoms with van der Waals surface area (Å²) in [6.45, 7) is 5.11. The van der Waals surface area contributed by atoms with Gasteiger partial charge in [0.25, 0.3) is 0 Å². The number of amides is 1. The van der Waals surface area contributed by atoms with E-state index < -0.39 is 0 Å². The van der Waals surface area contributed by atoms with Crippen LogP contribution in [0.1, 0.15) is 6.92 Å². The van der Waals surface area contributed by atoms with Crippen molar-refractivity contribution >= 4 is 23.6 Å². The third kappa shape index (κ3) is 3.10. The Labute approximate surface area is 104 Å². The van der Waals surface area contributed by atoms with Crippen LogP contribution < -0.4 is 11.1 Å². The van der Waals surface area contributed by atoms with E-state index in [9.17, 15) is 4.79 Å². The lowest BCUT2D eigenvalue weighted by molar-refractivity contribution is -0.130. The summed E-state index contributed by atoms with van der Waals surface area (Å²) in [5.41, 5.74) is 5.43. The Bertz CT molecular complexity index is 389. The highest BCUT2D eigenvalue weighted by atomic mass is 32.2. The first-order valence-electron chi connectivity index (χ1n) is 5.51. The number of thioether (sulfide) groups is 1. The van der Waals surface area contributed by atoms with Gasteiger partial charge in [0, 0.05) is 26.2 Å². The van der Waals surface area contributed by atoms with E-state index in [1.807, 2.05) is 11.8 Å². The first kappa shape index (κ1) is 12.2. The summed E-state index contributed by atoms with van der Waals surface area (Å²) in [5, 5.41) is 9.99. The SMILES string of the molecule is CC(Sc1n[nH]c(N)n1)C(=O)N1CCNCC1. The summed E-state index contributed by atoms with van der Waals surface area (Å²) in [7, 11) is 0. The van der Waals surface area contributed by atoms with Crippen LogP contribution in [0, 0.1) is 0 Å². The summed E-state index contributed by atoms with van der Waals surface area (Å²) >= 11 is 1.32. The maximum atomic E-state index is 12.1. The van der Waals surface area contributed by atoms with Crippen molar-refractivity contribution in [2.75, 3.05) is 31.9 Å². The molecule has 1 aromatic rings. The first-order valence-corrected chi connectivity index (χ1v) is 6.39. The van der Waals surface area contributed by atoms with E-state index in [4.69, 9.17) is 5.73 Å². The Kier molecular flexibility index (Phi) is 3.85. The number of nitrogens with zero attached hydrogens (tertiary/aromatic N) is 3. The average molecular weight is 256 g/mol. The van der Waals surface area contributed by atoms with E-state index in [1.165, 1.54) is 11.8 Å². The highest BCUT2D eigenvalue weighted by Gasteiger charge is 2.23. The molecule has 4 N–H and O–H groups in total.